The second kappa shape index (κ2) is 9.86. The summed E-state index contributed by atoms with van der Waals surface area (Å²) in [4.78, 5) is 25.5. The molecule has 2 aromatic carbocycles. The third kappa shape index (κ3) is 5.67. The molecule has 8 heteroatoms. The topological polar surface area (TPSA) is 95.6 Å². The average Bonchev–Trinajstić information content (AvgIpc) is 2.72. The fraction of sp³-hybridized carbons (Fsp3) is 0.364. The third-order valence-electron chi connectivity index (χ3n) is 4.79. The largest absolute Gasteiger partial charge is 0.348 e. The molecule has 162 valence electrons. The van der Waals surface area contributed by atoms with Crippen LogP contribution in [0.3, 0.4) is 0 Å². The maximum Gasteiger partial charge on any atom is 0.251 e. The standard InChI is InChI=1S/C22H29N3O4S/c1-15(2)20(24-21(26)18-9-7-6-8-10-18)22(27)23-16(3)17-11-13-19(14-12-17)30(28,29)25(4)5/h6-16,20H,1-5H3,(H,23,27)(H,24,26). The van der Waals surface area contributed by atoms with Gasteiger partial charge in [-0.3, -0.25) is 9.59 Å². The van der Waals surface area contributed by atoms with Crippen LogP contribution in [0.4, 0.5) is 0 Å². The van der Waals surface area contributed by atoms with E-state index in [2.05, 4.69) is 10.6 Å². The second-order valence-electron chi connectivity index (χ2n) is 7.65. The lowest BCUT2D eigenvalue weighted by molar-refractivity contribution is -0.124. The normalized spacial score (nSPS) is 13.7. The molecule has 0 spiro atoms. The maximum absolute atomic E-state index is 12.8. The zero-order valence-corrected chi connectivity index (χ0v) is 18.7. The Kier molecular flexibility index (Phi) is 7.75. The predicted molar refractivity (Wildman–Crippen MR) is 116 cm³/mol. The monoisotopic (exact) mass is 431 g/mol. The van der Waals surface area contributed by atoms with Crippen LogP contribution in [-0.2, 0) is 14.8 Å². The fourth-order valence-corrected chi connectivity index (χ4v) is 3.78. The molecule has 30 heavy (non-hydrogen) atoms. The molecule has 0 heterocycles. The van der Waals surface area contributed by atoms with Crippen LogP contribution in [0.25, 0.3) is 0 Å². The summed E-state index contributed by atoms with van der Waals surface area (Å²) in [6.07, 6.45) is 0. The van der Waals surface area contributed by atoms with E-state index < -0.39 is 16.1 Å². The van der Waals surface area contributed by atoms with Crippen molar-refractivity contribution in [2.75, 3.05) is 14.1 Å². The molecule has 2 rings (SSSR count). The number of benzene rings is 2. The third-order valence-corrected chi connectivity index (χ3v) is 6.62. The Balaban J connectivity index is 2.09. The van der Waals surface area contributed by atoms with E-state index in [0.717, 1.165) is 9.87 Å². The quantitative estimate of drug-likeness (QED) is 0.672. The Morgan fingerprint density at radius 3 is 1.93 bits per heavy atom. The summed E-state index contributed by atoms with van der Waals surface area (Å²) in [5.74, 6) is -0.723. The fourth-order valence-electron chi connectivity index (χ4n) is 2.87. The first-order valence-electron chi connectivity index (χ1n) is 9.72. The van der Waals surface area contributed by atoms with Gasteiger partial charge in [0.2, 0.25) is 15.9 Å². The molecule has 0 aliphatic rings. The molecular weight excluding hydrogens is 402 g/mol. The average molecular weight is 432 g/mol. The van der Waals surface area contributed by atoms with Crippen molar-refractivity contribution < 1.29 is 18.0 Å². The molecule has 0 aliphatic heterocycles. The summed E-state index contributed by atoms with van der Waals surface area (Å²) < 4.78 is 25.5. The first kappa shape index (κ1) is 23.6. The maximum atomic E-state index is 12.8. The summed E-state index contributed by atoms with van der Waals surface area (Å²) in [7, 11) is -0.560. The molecule has 2 N–H and O–H groups in total. The van der Waals surface area contributed by atoms with Crippen molar-refractivity contribution in [2.45, 2.75) is 37.8 Å². The number of carbonyl (C=O) groups is 2. The Hall–Kier alpha value is -2.71. The lowest BCUT2D eigenvalue weighted by Gasteiger charge is -2.24. The van der Waals surface area contributed by atoms with Gasteiger partial charge in [-0.25, -0.2) is 12.7 Å². The van der Waals surface area contributed by atoms with Gasteiger partial charge in [-0.1, -0.05) is 44.2 Å². The second-order valence-corrected chi connectivity index (χ2v) is 9.80. The van der Waals surface area contributed by atoms with Gasteiger partial charge < -0.3 is 10.6 Å². The molecule has 0 bridgehead atoms. The molecule has 0 saturated heterocycles. The number of sulfonamides is 1. The van der Waals surface area contributed by atoms with E-state index in [9.17, 15) is 18.0 Å². The number of rotatable bonds is 8. The van der Waals surface area contributed by atoms with Gasteiger partial charge in [-0.15, -0.1) is 0 Å². The highest BCUT2D eigenvalue weighted by atomic mass is 32.2. The highest BCUT2D eigenvalue weighted by molar-refractivity contribution is 7.89. The van der Waals surface area contributed by atoms with Gasteiger partial charge in [-0.05, 0) is 42.7 Å². The molecule has 0 fully saturated rings. The van der Waals surface area contributed by atoms with Gasteiger partial charge in [0.15, 0.2) is 0 Å². The summed E-state index contributed by atoms with van der Waals surface area (Å²) >= 11 is 0. The van der Waals surface area contributed by atoms with E-state index >= 15 is 0 Å². The van der Waals surface area contributed by atoms with Gasteiger partial charge >= 0.3 is 0 Å². The SMILES string of the molecule is CC(NC(=O)C(NC(=O)c1ccccc1)C(C)C)c1ccc(S(=O)(=O)N(C)C)cc1. The van der Waals surface area contributed by atoms with Crippen molar-refractivity contribution >= 4 is 21.8 Å². The van der Waals surface area contributed by atoms with Gasteiger partial charge in [-0.2, -0.15) is 0 Å². The van der Waals surface area contributed by atoms with Gasteiger partial charge in [0.1, 0.15) is 6.04 Å². The molecule has 0 radical (unpaired) electrons. The lowest BCUT2D eigenvalue weighted by atomic mass is 10.0. The number of amides is 2. The number of nitrogens with zero attached hydrogens (tertiary/aromatic N) is 1. The van der Waals surface area contributed by atoms with Crippen molar-refractivity contribution in [3.8, 4) is 0 Å². The van der Waals surface area contributed by atoms with Crippen LogP contribution in [0.2, 0.25) is 0 Å². The number of carbonyl (C=O) groups excluding carboxylic acids is 2. The Morgan fingerprint density at radius 2 is 1.43 bits per heavy atom. The molecule has 2 amide bonds. The Labute approximate surface area is 178 Å². The van der Waals surface area contributed by atoms with E-state index in [-0.39, 0.29) is 28.7 Å². The first-order valence-corrected chi connectivity index (χ1v) is 11.2. The van der Waals surface area contributed by atoms with Crippen LogP contribution >= 0.6 is 0 Å². The predicted octanol–water partition coefficient (Wildman–Crippen LogP) is 2.57. The molecule has 0 saturated carbocycles. The van der Waals surface area contributed by atoms with Crippen LogP contribution in [-0.4, -0.2) is 44.7 Å². The first-order chi connectivity index (χ1) is 14.0. The summed E-state index contributed by atoms with van der Waals surface area (Å²) in [5, 5.41) is 5.70. The van der Waals surface area contributed by atoms with Crippen LogP contribution in [0.15, 0.2) is 59.5 Å². The van der Waals surface area contributed by atoms with E-state index in [0.29, 0.717) is 5.56 Å². The minimum Gasteiger partial charge on any atom is -0.348 e. The van der Waals surface area contributed by atoms with E-state index in [1.54, 1.807) is 36.4 Å². The minimum atomic E-state index is -3.51. The van der Waals surface area contributed by atoms with Crippen molar-refractivity contribution in [3.05, 3.63) is 65.7 Å². The smallest absolute Gasteiger partial charge is 0.251 e. The van der Waals surface area contributed by atoms with Crippen LogP contribution < -0.4 is 10.6 Å². The van der Waals surface area contributed by atoms with Gasteiger partial charge in [0.25, 0.3) is 5.91 Å². The van der Waals surface area contributed by atoms with Crippen LogP contribution in [0, 0.1) is 5.92 Å². The van der Waals surface area contributed by atoms with E-state index in [4.69, 9.17) is 0 Å². The number of hydrogen-bond donors (Lipinski definition) is 2. The molecule has 0 aliphatic carbocycles. The molecule has 7 nitrogen and oxygen atoms in total. The van der Waals surface area contributed by atoms with E-state index in [1.807, 2.05) is 26.8 Å². The van der Waals surface area contributed by atoms with Crippen LogP contribution in [0.5, 0.6) is 0 Å². The number of nitrogens with one attached hydrogen (secondary N) is 2. The summed E-state index contributed by atoms with van der Waals surface area (Å²) in [5.41, 5.74) is 1.25. The Bertz CT molecular complexity index is 971. The molecule has 2 aromatic rings. The van der Waals surface area contributed by atoms with Crippen LogP contribution in [0.1, 0.15) is 42.7 Å². The zero-order valence-electron chi connectivity index (χ0n) is 17.9. The molecule has 0 aromatic heterocycles. The van der Waals surface area contributed by atoms with Crippen molar-refractivity contribution in [1.82, 2.24) is 14.9 Å². The van der Waals surface area contributed by atoms with Crippen molar-refractivity contribution in [3.63, 3.8) is 0 Å². The lowest BCUT2D eigenvalue weighted by Crippen LogP contribution is -2.50. The Morgan fingerprint density at radius 1 is 0.867 bits per heavy atom. The minimum absolute atomic E-state index is 0.113. The molecule has 2 unspecified atom stereocenters. The van der Waals surface area contributed by atoms with Gasteiger partial charge in [0, 0.05) is 19.7 Å². The van der Waals surface area contributed by atoms with Crippen molar-refractivity contribution in [2.24, 2.45) is 5.92 Å². The summed E-state index contributed by atoms with van der Waals surface area (Å²) in [6, 6.07) is 14.1. The van der Waals surface area contributed by atoms with E-state index in [1.165, 1.54) is 26.2 Å². The zero-order chi connectivity index (χ0) is 22.5. The molecule has 2 atom stereocenters. The highest BCUT2D eigenvalue weighted by Gasteiger charge is 2.26. The number of hydrogen-bond acceptors (Lipinski definition) is 4. The molecular formula is C22H29N3O4S. The highest BCUT2D eigenvalue weighted by Crippen LogP contribution is 2.18. The van der Waals surface area contributed by atoms with Crippen molar-refractivity contribution in [1.29, 1.82) is 0 Å². The summed E-state index contributed by atoms with van der Waals surface area (Å²) in [6.45, 7) is 5.53. The van der Waals surface area contributed by atoms with Gasteiger partial charge in [0.05, 0.1) is 10.9 Å².